The number of hydrogen-bond acceptors (Lipinski definition) is 4. The Morgan fingerprint density at radius 1 is 1.36 bits per heavy atom. The Bertz CT molecular complexity index is 80.8. The van der Waals surface area contributed by atoms with Crippen LogP contribution < -0.4 is 10.6 Å². The fraction of sp³-hybridized carbons (Fsp3) is 1.00. The normalized spacial score (nSPS) is 13.4. The molecule has 0 aromatic carbocycles. The predicted octanol–water partition coefficient (Wildman–Crippen LogP) is 0.0878. The lowest BCUT2D eigenvalue weighted by molar-refractivity contribution is 0.139. The Balaban J connectivity index is 2.80. The van der Waals surface area contributed by atoms with Crippen LogP contribution in [-0.2, 0) is 4.74 Å². The third-order valence-electron chi connectivity index (χ3n) is 1.18. The molecule has 0 fully saturated rings. The molecule has 1 atom stereocenters. The van der Waals surface area contributed by atoms with Crippen molar-refractivity contribution in [2.75, 3.05) is 33.4 Å². The van der Waals surface area contributed by atoms with Crippen LogP contribution in [-0.4, -0.2) is 38.7 Å². The Kier molecular flexibility index (Phi) is 8.50. The van der Waals surface area contributed by atoms with Crippen LogP contribution in [0, 0.1) is 0 Å². The minimum Gasteiger partial charge on any atom is -0.379 e. The lowest BCUT2D eigenvalue weighted by Crippen LogP contribution is -2.26. The van der Waals surface area contributed by atoms with E-state index in [0.717, 1.165) is 26.3 Å². The summed E-state index contributed by atoms with van der Waals surface area (Å²) in [6.45, 7) is 5.31. The highest BCUT2D eigenvalue weighted by molar-refractivity contribution is 7.80. The van der Waals surface area contributed by atoms with Crippen LogP contribution >= 0.6 is 12.6 Å². The van der Waals surface area contributed by atoms with Gasteiger partial charge in [-0.15, -0.1) is 0 Å². The SMILES string of the molecule is CNCCOCCNC(C)S. The minimum absolute atomic E-state index is 0.253. The van der Waals surface area contributed by atoms with Crippen molar-refractivity contribution in [1.29, 1.82) is 0 Å². The maximum atomic E-state index is 5.27. The average Bonchev–Trinajstić information content (AvgIpc) is 1.96. The van der Waals surface area contributed by atoms with E-state index in [1.165, 1.54) is 0 Å². The van der Waals surface area contributed by atoms with Gasteiger partial charge in [-0.3, -0.25) is 0 Å². The van der Waals surface area contributed by atoms with E-state index in [1.807, 2.05) is 14.0 Å². The molecule has 0 aliphatic carbocycles. The van der Waals surface area contributed by atoms with Crippen LogP contribution in [0.2, 0.25) is 0 Å². The van der Waals surface area contributed by atoms with Crippen molar-refractivity contribution < 1.29 is 4.74 Å². The van der Waals surface area contributed by atoms with E-state index in [0.29, 0.717) is 0 Å². The first-order chi connectivity index (χ1) is 5.27. The summed E-state index contributed by atoms with van der Waals surface area (Å²) >= 11 is 4.16. The zero-order valence-corrected chi connectivity index (χ0v) is 8.16. The molecule has 0 bridgehead atoms. The summed E-state index contributed by atoms with van der Waals surface area (Å²) < 4.78 is 5.27. The van der Waals surface area contributed by atoms with Crippen molar-refractivity contribution in [2.45, 2.75) is 12.3 Å². The first-order valence-corrected chi connectivity index (χ1v) is 4.43. The zero-order valence-electron chi connectivity index (χ0n) is 7.26. The highest BCUT2D eigenvalue weighted by atomic mass is 32.1. The summed E-state index contributed by atoms with van der Waals surface area (Å²) in [7, 11) is 1.91. The van der Waals surface area contributed by atoms with E-state index < -0.39 is 0 Å². The van der Waals surface area contributed by atoms with Gasteiger partial charge in [0.25, 0.3) is 0 Å². The molecule has 0 aliphatic heterocycles. The molecule has 68 valence electrons. The molecular formula is C7H18N2OS. The van der Waals surface area contributed by atoms with Gasteiger partial charge in [0.05, 0.1) is 13.2 Å². The molecule has 0 amide bonds. The first-order valence-electron chi connectivity index (χ1n) is 3.91. The highest BCUT2D eigenvalue weighted by Crippen LogP contribution is 1.83. The molecular weight excluding hydrogens is 160 g/mol. The monoisotopic (exact) mass is 178 g/mol. The van der Waals surface area contributed by atoms with Crippen LogP contribution in [0.25, 0.3) is 0 Å². The maximum absolute atomic E-state index is 5.27. The van der Waals surface area contributed by atoms with E-state index in [9.17, 15) is 0 Å². The third kappa shape index (κ3) is 10.2. The van der Waals surface area contributed by atoms with E-state index in [1.54, 1.807) is 0 Å². The maximum Gasteiger partial charge on any atom is 0.0591 e. The molecule has 2 N–H and O–H groups in total. The fourth-order valence-electron chi connectivity index (χ4n) is 0.616. The second kappa shape index (κ2) is 8.33. The molecule has 0 aliphatic rings. The molecule has 3 nitrogen and oxygen atoms in total. The minimum atomic E-state index is 0.253. The van der Waals surface area contributed by atoms with E-state index in [2.05, 4.69) is 23.3 Å². The molecule has 0 rings (SSSR count). The number of thiol groups is 1. The quantitative estimate of drug-likeness (QED) is 0.293. The van der Waals surface area contributed by atoms with Crippen molar-refractivity contribution >= 4 is 12.6 Å². The van der Waals surface area contributed by atoms with Gasteiger partial charge < -0.3 is 15.4 Å². The van der Waals surface area contributed by atoms with Crippen molar-refractivity contribution in [3.63, 3.8) is 0 Å². The molecule has 1 unspecified atom stereocenters. The van der Waals surface area contributed by atoms with Crippen LogP contribution in [0.3, 0.4) is 0 Å². The second-order valence-corrected chi connectivity index (χ2v) is 3.12. The zero-order chi connectivity index (χ0) is 8.53. The van der Waals surface area contributed by atoms with Gasteiger partial charge in [0.15, 0.2) is 0 Å². The fourth-order valence-corrected chi connectivity index (χ4v) is 0.745. The Morgan fingerprint density at radius 2 is 2.00 bits per heavy atom. The van der Waals surface area contributed by atoms with Crippen molar-refractivity contribution in [2.24, 2.45) is 0 Å². The molecule has 0 radical (unpaired) electrons. The molecule has 0 aromatic rings. The number of hydrogen-bond donors (Lipinski definition) is 3. The average molecular weight is 178 g/mol. The van der Waals surface area contributed by atoms with Gasteiger partial charge in [-0.2, -0.15) is 12.6 Å². The van der Waals surface area contributed by atoms with Gasteiger partial charge in [-0.05, 0) is 14.0 Å². The molecule has 0 spiro atoms. The summed E-state index contributed by atoms with van der Waals surface area (Å²) in [6, 6.07) is 0. The summed E-state index contributed by atoms with van der Waals surface area (Å²) in [5.41, 5.74) is 0. The molecule has 0 heterocycles. The molecule has 0 saturated heterocycles. The van der Waals surface area contributed by atoms with Crippen molar-refractivity contribution in [3.05, 3.63) is 0 Å². The number of rotatable bonds is 7. The molecule has 4 heteroatoms. The van der Waals surface area contributed by atoms with Gasteiger partial charge >= 0.3 is 0 Å². The smallest absolute Gasteiger partial charge is 0.0591 e. The Labute approximate surface area is 74.3 Å². The van der Waals surface area contributed by atoms with E-state index >= 15 is 0 Å². The topological polar surface area (TPSA) is 33.3 Å². The lowest BCUT2D eigenvalue weighted by atomic mass is 10.6. The van der Waals surface area contributed by atoms with E-state index in [-0.39, 0.29) is 5.37 Å². The number of nitrogens with one attached hydrogen (secondary N) is 2. The van der Waals surface area contributed by atoms with Crippen LogP contribution in [0.15, 0.2) is 0 Å². The number of likely N-dealkylation sites (N-methyl/N-ethyl adjacent to an activating group) is 1. The van der Waals surface area contributed by atoms with Gasteiger partial charge in [0, 0.05) is 18.5 Å². The summed E-state index contributed by atoms with van der Waals surface area (Å²) in [5, 5.41) is 6.40. The Morgan fingerprint density at radius 3 is 2.55 bits per heavy atom. The third-order valence-corrected chi connectivity index (χ3v) is 1.37. The van der Waals surface area contributed by atoms with Crippen LogP contribution in [0.4, 0.5) is 0 Å². The predicted molar refractivity (Wildman–Crippen MR) is 51.2 cm³/mol. The largest absolute Gasteiger partial charge is 0.379 e. The summed E-state index contributed by atoms with van der Waals surface area (Å²) in [4.78, 5) is 0. The van der Waals surface area contributed by atoms with E-state index in [4.69, 9.17) is 4.74 Å². The van der Waals surface area contributed by atoms with Gasteiger partial charge in [-0.25, -0.2) is 0 Å². The second-order valence-electron chi connectivity index (χ2n) is 2.35. The summed E-state index contributed by atoms with van der Waals surface area (Å²) in [6.07, 6.45) is 0. The van der Waals surface area contributed by atoms with Crippen LogP contribution in [0.1, 0.15) is 6.92 Å². The number of ether oxygens (including phenoxy) is 1. The highest BCUT2D eigenvalue weighted by Gasteiger charge is 1.91. The standard InChI is InChI=1S/C7H18N2OS/c1-7(11)9-4-6-10-5-3-8-2/h7-9,11H,3-6H2,1-2H3. The molecule has 0 aromatic heterocycles. The molecule has 11 heavy (non-hydrogen) atoms. The van der Waals surface area contributed by atoms with Gasteiger partial charge in [0.1, 0.15) is 0 Å². The van der Waals surface area contributed by atoms with Gasteiger partial charge in [0.2, 0.25) is 0 Å². The van der Waals surface area contributed by atoms with Crippen molar-refractivity contribution in [1.82, 2.24) is 10.6 Å². The Hall–Kier alpha value is 0.230. The molecule has 0 saturated carbocycles. The van der Waals surface area contributed by atoms with Crippen molar-refractivity contribution in [3.8, 4) is 0 Å². The van der Waals surface area contributed by atoms with Crippen LogP contribution in [0.5, 0.6) is 0 Å². The summed E-state index contributed by atoms with van der Waals surface area (Å²) in [5.74, 6) is 0. The first kappa shape index (κ1) is 11.2. The van der Waals surface area contributed by atoms with Gasteiger partial charge in [-0.1, -0.05) is 0 Å². The lowest BCUT2D eigenvalue weighted by Gasteiger charge is -2.07.